The molecule has 4 aliphatic rings. The van der Waals surface area contributed by atoms with Gasteiger partial charge >= 0.3 is 0 Å². The van der Waals surface area contributed by atoms with E-state index in [4.69, 9.17) is 0 Å². The average Bonchev–Trinajstić information content (AvgIpc) is 1.56. The van der Waals surface area contributed by atoms with Crippen LogP contribution in [0.15, 0.2) is 303 Å². The molecule has 0 unspecified atom stereocenters. The summed E-state index contributed by atoms with van der Waals surface area (Å²) < 4.78 is 0. The Morgan fingerprint density at radius 2 is 0.563 bits per heavy atom. The highest BCUT2D eigenvalue weighted by molar-refractivity contribution is 6.01. The maximum atomic E-state index is 2.57. The minimum atomic E-state index is -0.796. The van der Waals surface area contributed by atoms with Gasteiger partial charge < -0.3 is 9.80 Å². The van der Waals surface area contributed by atoms with Gasteiger partial charge in [0.2, 0.25) is 0 Å². The summed E-state index contributed by atoms with van der Waals surface area (Å²) in [7, 11) is 0. The second-order valence-electron chi connectivity index (χ2n) is 25.1. The van der Waals surface area contributed by atoms with Crippen molar-refractivity contribution < 1.29 is 0 Å². The van der Waals surface area contributed by atoms with Crippen LogP contribution in [0.5, 0.6) is 0 Å². The highest BCUT2D eigenvalue weighted by Gasteiger charge is 2.51. The zero-order valence-electron chi connectivity index (χ0n) is 49.3. The van der Waals surface area contributed by atoms with Crippen LogP contribution < -0.4 is 9.80 Å². The van der Waals surface area contributed by atoms with Crippen molar-refractivity contribution in [1.29, 1.82) is 0 Å². The van der Waals surface area contributed by atoms with Crippen molar-refractivity contribution in [2.75, 3.05) is 9.80 Å². The van der Waals surface area contributed by atoms with Crippen LogP contribution in [-0.2, 0) is 16.2 Å². The summed E-state index contributed by atoms with van der Waals surface area (Å²) in [5, 5.41) is 0. The molecule has 2 nitrogen and oxygen atoms in total. The summed E-state index contributed by atoms with van der Waals surface area (Å²) >= 11 is 0. The van der Waals surface area contributed by atoms with Crippen LogP contribution in [0.3, 0.4) is 0 Å². The molecule has 0 N–H and O–H groups in total. The van der Waals surface area contributed by atoms with E-state index >= 15 is 0 Å². The monoisotopic (exact) mass is 1110 g/mol. The molecule has 13 aromatic carbocycles. The lowest BCUT2D eigenvalue weighted by molar-refractivity contribution is 0.660. The van der Waals surface area contributed by atoms with Crippen LogP contribution in [0.1, 0.15) is 72.2 Å². The SMILES string of the molecule is CC1(C)c2ccccc2-c2c(N(c3ccc(-c4ccccc4)cc3)c3ccc4c(c3)C3(c5ccccc5-c5ccccc5-c5ccccc53)c3cc(N(c5ccc(-c6ccccc6)cc5)c5cccc6c5C(C)(C)c5ccccc5-6)ccc3-4)cccc21. The van der Waals surface area contributed by atoms with E-state index in [9.17, 15) is 0 Å². The summed E-state index contributed by atoms with van der Waals surface area (Å²) in [6, 6.07) is 114. The molecule has 13 aromatic rings. The second kappa shape index (κ2) is 19.2. The molecule has 87 heavy (non-hydrogen) atoms. The molecule has 0 atom stereocenters. The molecule has 0 radical (unpaired) electrons. The first kappa shape index (κ1) is 50.9. The lowest BCUT2D eigenvalue weighted by atomic mass is 9.65. The molecule has 0 bridgehead atoms. The van der Waals surface area contributed by atoms with E-state index in [1.165, 1.54) is 128 Å². The Kier molecular flexibility index (Phi) is 11.3. The number of hydrogen-bond acceptors (Lipinski definition) is 2. The molecule has 0 aliphatic heterocycles. The van der Waals surface area contributed by atoms with E-state index in [1.807, 2.05) is 0 Å². The lowest BCUT2D eigenvalue weighted by Gasteiger charge is -2.37. The Bertz CT molecular complexity index is 4850. The maximum absolute atomic E-state index is 2.57. The highest BCUT2D eigenvalue weighted by Crippen LogP contribution is 2.64. The quantitative estimate of drug-likeness (QED) is 0.150. The summed E-state index contributed by atoms with van der Waals surface area (Å²) in [6.07, 6.45) is 0. The van der Waals surface area contributed by atoms with Gasteiger partial charge in [0.15, 0.2) is 0 Å². The fraction of sp³-hybridized carbons (Fsp3) is 0.0824. The summed E-state index contributed by atoms with van der Waals surface area (Å²) in [5.41, 5.74) is 33.3. The van der Waals surface area contributed by atoms with E-state index in [2.05, 4.69) is 341 Å². The third kappa shape index (κ3) is 7.41. The molecule has 0 saturated heterocycles. The average molecular weight is 1110 g/mol. The van der Waals surface area contributed by atoms with Gasteiger partial charge in [0.1, 0.15) is 0 Å². The Morgan fingerprint density at radius 1 is 0.218 bits per heavy atom. The van der Waals surface area contributed by atoms with E-state index in [1.54, 1.807) is 0 Å². The van der Waals surface area contributed by atoms with Crippen LogP contribution in [0.25, 0.3) is 77.9 Å². The van der Waals surface area contributed by atoms with Crippen molar-refractivity contribution in [3.63, 3.8) is 0 Å². The fourth-order valence-electron chi connectivity index (χ4n) is 16.0. The Balaban J connectivity index is 0.945. The zero-order chi connectivity index (χ0) is 58.2. The normalized spacial score (nSPS) is 14.3. The number of rotatable bonds is 8. The number of benzene rings is 13. The van der Waals surface area contributed by atoms with Gasteiger partial charge in [-0.25, -0.2) is 0 Å². The summed E-state index contributed by atoms with van der Waals surface area (Å²) in [4.78, 5) is 5.11. The van der Waals surface area contributed by atoms with Gasteiger partial charge in [-0.2, -0.15) is 0 Å². The Labute approximate surface area is 510 Å². The van der Waals surface area contributed by atoms with Crippen molar-refractivity contribution in [3.05, 3.63) is 348 Å². The molecule has 1 spiro atoms. The minimum Gasteiger partial charge on any atom is -0.310 e. The van der Waals surface area contributed by atoms with Gasteiger partial charge in [0.05, 0.1) is 16.8 Å². The standard InChI is InChI=1S/C85H62N2/c1-83(2)73-35-18-16-32-71(73)81-76(83)38-22-39-79(81)86(59-45-41-57(42-46-59)55-23-7-5-8-24-55)61-49-51-68-69-52-50-62(54-78(69)85(77(68)53-61)74-36-19-14-29-65(74)63-27-11-12-28-64(63)66-30-15-20-37-75(66)85)87(60-47-43-58(44-48-60)56-25-9-6-10-26-56)80-40-21-33-70-67-31-13-17-34-72(67)84(3,4)82(70)80/h5-54H,1-4H3. The molecule has 0 fully saturated rings. The molecule has 0 amide bonds. The van der Waals surface area contributed by atoms with Crippen molar-refractivity contribution in [1.82, 2.24) is 0 Å². The van der Waals surface area contributed by atoms with Gasteiger partial charge in [0.25, 0.3) is 0 Å². The Hall–Kier alpha value is -10.5. The van der Waals surface area contributed by atoms with Gasteiger partial charge in [-0.15, -0.1) is 0 Å². The number of anilines is 6. The van der Waals surface area contributed by atoms with Gasteiger partial charge in [-0.1, -0.05) is 270 Å². The number of nitrogens with zero attached hydrogens (tertiary/aromatic N) is 2. The van der Waals surface area contributed by atoms with Gasteiger partial charge in [0, 0.05) is 39.1 Å². The van der Waals surface area contributed by atoms with E-state index in [0.717, 1.165) is 28.4 Å². The molecule has 0 saturated carbocycles. The zero-order valence-corrected chi connectivity index (χ0v) is 49.3. The van der Waals surface area contributed by atoms with Crippen LogP contribution in [-0.4, -0.2) is 0 Å². The van der Waals surface area contributed by atoms with Gasteiger partial charge in [-0.3, -0.25) is 0 Å². The molecule has 2 heteroatoms. The third-order valence-electron chi connectivity index (χ3n) is 19.9. The lowest BCUT2D eigenvalue weighted by Crippen LogP contribution is -2.30. The van der Waals surface area contributed by atoms with Gasteiger partial charge in [-0.05, 0) is 177 Å². The van der Waals surface area contributed by atoms with Crippen molar-refractivity contribution in [2.45, 2.75) is 43.9 Å². The predicted molar refractivity (Wildman–Crippen MR) is 364 cm³/mol. The van der Waals surface area contributed by atoms with Crippen LogP contribution in [0.4, 0.5) is 34.1 Å². The summed E-state index contributed by atoms with van der Waals surface area (Å²) in [5.74, 6) is 0. The van der Waals surface area contributed by atoms with Crippen molar-refractivity contribution in [3.8, 4) is 77.9 Å². The number of hydrogen-bond donors (Lipinski definition) is 0. The molecule has 412 valence electrons. The van der Waals surface area contributed by atoms with E-state index in [0.29, 0.717) is 0 Å². The molecule has 4 aliphatic carbocycles. The molecule has 0 heterocycles. The molecule has 17 rings (SSSR count). The van der Waals surface area contributed by atoms with E-state index < -0.39 is 5.41 Å². The molecule has 0 aromatic heterocycles. The molecular formula is C85H62N2. The number of fused-ring (bicyclic) bond motifs is 18. The minimum absolute atomic E-state index is 0.188. The predicted octanol–water partition coefficient (Wildman–Crippen LogP) is 22.6. The Morgan fingerprint density at radius 3 is 1.08 bits per heavy atom. The largest absolute Gasteiger partial charge is 0.310 e. The van der Waals surface area contributed by atoms with Crippen molar-refractivity contribution >= 4 is 34.1 Å². The maximum Gasteiger partial charge on any atom is 0.0727 e. The van der Waals surface area contributed by atoms with Crippen LogP contribution in [0.2, 0.25) is 0 Å². The topological polar surface area (TPSA) is 6.48 Å². The third-order valence-corrected chi connectivity index (χ3v) is 19.9. The van der Waals surface area contributed by atoms with Crippen LogP contribution >= 0.6 is 0 Å². The van der Waals surface area contributed by atoms with Crippen molar-refractivity contribution in [2.24, 2.45) is 0 Å². The van der Waals surface area contributed by atoms with E-state index in [-0.39, 0.29) is 10.8 Å². The summed E-state index contributed by atoms with van der Waals surface area (Å²) in [6.45, 7) is 9.59. The van der Waals surface area contributed by atoms with Crippen LogP contribution in [0, 0.1) is 0 Å². The smallest absolute Gasteiger partial charge is 0.0727 e. The first-order chi connectivity index (χ1) is 42.7. The highest BCUT2D eigenvalue weighted by atomic mass is 15.2. The second-order valence-corrected chi connectivity index (χ2v) is 25.1. The fourth-order valence-corrected chi connectivity index (χ4v) is 16.0. The first-order valence-electron chi connectivity index (χ1n) is 30.7. The first-order valence-corrected chi connectivity index (χ1v) is 30.7. The molecular weight excluding hydrogens is 1050 g/mol.